The van der Waals surface area contributed by atoms with E-state index in [0.717, 1.165) is 11.3 Å². The summed E-state index contributed by atoms with van der Waals surface area (Å²) in [5, 5.41) is 2.96. The number of carbonyl (C=O) groups excluding carboxylic acids is 1. The third-order valence-electron chi connectivity index (χ3n) is 3.19. The van der Waals surface area contributed by atoms with E-state index in [9.17, 15) is 4.79 Å². The van der Waals surface area contributed by atoms with Gasteiger partial charge in [0.15, 0.2) is 0 Å². The Hall–Kier alpha value is -2.49. The molecule has 3 N–H and O–H groups in total. The van der Waals surface area contributed by atoms with Gasteiger partial charge in [-0.25, -0.2) is 0 Å². The van der Waals surface area contributed by atoms with Gasteiger partial charge in [-0.1, -0.05) is 12.1 Å². The van der Waals surface area contributed by atoms with Crippen molar-refractivity contribution in [3.05, 3.63) is 59.7 Å². The van der Waals surface area contributed by atoms with Crippen LogP contribution in [0.2, 0.25) is 0 Å². The predicted molar refractivity (Wildman–Crippen MR) is 84.3 cm³/mol. The fourth-order valence-electron chi connectivity index (χ4n) is 2.06. The number of hydrogen-bond donors (Lipinski definition) is 2. The van der Waals surface area contributed by atoms with Gasteiger partial charge in [0.05, 0.1) is 12.6 Å². The van der Waals surface area contributed by atoms with Gasteiger partial charge in [-0.15, -0.1) is 0 Å². The highest BCUT2D eigenvalue weighted by Gasteiger charge is 2.11. The molecule has 1 unspecified atom stereocenters. The van der Waals surface area contributed by atoms with E-state index < -0.39 is 0 Å². The molecular formula is C17H20N2O2. The van der Waals surface area contributed by atoms with Crippen molar-refractivity contribution in [2.45, 2.75) is 19.9 Å². The van der Waals surface area contributed by atoms with E-state index in [1.165, 1.54) is 0 Å². The fourth-order valence-corrected chi connectivity index (χ4v) is 2.06. The van der Waals surface area contributed by atoms with Gasteiger partial charge in [0.25, 0.3) is 5.91 Å². The first kappa shape index (κ1) is 14.9. The number of rotatable bonds is 5. The molecule has 0 aliphatic carbocycles. The Labute approximate surface area is 124 Å². The third kappa shape index (κ3) is 3.99. The summed E-state index contributed by atoms with van der Waals surface area (Å²) >= 11 is 0. The summed E-state index contributed by atoms with van der Waals surface area (Å²) in [5.41, 5.74) is 8.03. The highest BCUT2D eigenvalue weighted by molar-refractivity contribution is 5.94. The van der Waals surface area contributed by atoms with Gasteiger partial charge in [-0.05, 0) is 55.8 Å². The fraction of sp³-hybridized carbons (Fsp3) is 0.235. The number of amides is 1. The lowest BCUT2D eigenvalue weighted by Gasteiger charge is -2.15. The highest BCUT2D eigenvalue weighted by atomic mass is 16.5. The van der Waals surface area contributed by atoms with E-state index >= 15 is 0 Å². The van der Waals surface area contributed by atoms with Crippen LogP contribution in [0.25, 0.3) is 0 Å². The molecule has 4 heteroatoms. The molecule has 2 rings (SSSR count). The number of benzene rings is 2. The summed E-state index contributed by atoms with van der Waals surface area (Å²) in [7, 11) is 0. The number of hydrogen-bond acceptors (Lipinski definition) is 3. The minimum atomic E-state index is -0.118. The average Bonchev–Trinajstić information content (AvgIpc) is 2.48. The Bertz CT molecular complexity index is 608. The Morgan fingerprint density at radius 3 is 2.57 bits per heavy atom. The SMILES string of the molecule is CCOc1ccc(C(=O)NC(C)c2cccc(N)c2)cc1. The lowest BCUT2D eigenvalue weighted by molar-refractivity contribution is 0.0940. The van der Waals surface area contributed by atoms with Crippen LogP contribution in [0.1, 0.15) is 35.8 Å². The van der Waals surface area contributed by atoms with Crippen molar-refractivity contribution >= 4 is 11.6 Å². The molecular weight excluding hydrogens is 264 g/mol. The number of nitrogens with one attached hydrogen (secondary N) is 1. The third-order valence-corrected chi connectivity index (χ3v) is 3.19. The van der Waals surface area contributed by atoms with E-state index in [1.807, 2.05) is 38.1 Å². The summed E-state index contributed by atoms with van der Waals surface area (Å²) in [6.45, 7) is 4.47. The zero-order chi connectivity index (χ0) is 15.2. The van der Waals surface area contributed by atoms with Crippen LogP contribution in [0, 0.1) is 0 Å². The molecule has 0 aromatic heterocycles. The molecule has 2 aromatic rings. The molecule has 0 fully saturated rings. The van der Waals surface area contributed by atoms with Crippen LogP contribution < -0.4 is 15.8 Å². The summed E-state index contributed by atoms with van der Waals surface area (Å²) in [6.07, 6.45) is 0. The zero-order valence-electron chi connectivity index (χ0n) is 12.3. The molecule has 21 heavy (non-hydrogen) atoms. The largest absolute Gasteiger partial charge is 0.494 e. The second kappa shape index (κ2) is 6.79. The van der Waals surface area contributed by atoms with Crippen LogP contribution in [0.15, 0.2) is 48.5 Å². The number of anilines is 1. The minimum absolute atomic E-state index is 0.104. The molecule has 0 radical (unpaired) electrons. The molecule has 0 aliphatic rings. The molecule has 0 heterocycles. The van der Waals surface area contributed by atoms with Crippen molar-refractivity contribution < 1.29 is 9.53 Å². The quantitative estimate of drug-likeness (QED) is 0.829. The normalized spacial score (nSPS) is 11.7. The molecule has 1 amide bonds. The van der Waals surface area contributed by atoms with E-state index in [4.69, 9.17) is 10.5 Å². The van der Waals surface area contributed by atoms with Crippen LogP contribution in [-0.4, -0.2) is 12.5 Å². The van der Waals surface area contributed by atoms with Gasteiger partial charge in [0.1, 0.15) is 5.75 Å². The van der Waals surface area contributed by atoms with Crippen molar-refractivity contribution in [3.8, 4) is 5.75 Å². The summed E-state index contributed by atoms with van der Waals surface area (Å²) in [5.74, 6) is 0.644. The van der Waals surface area contributed by atoms with E-state index in [-0.39, 0.29) is 11.9 Å². The van der Waals surface area contributed by atoms with E-state index in [2.05, 4.69) is 5.32 Å². The maximum atomic E-state index is 12.2. The molecule has 0 bridgehead atoms. The first-order valence-corrected chi connectivity index (χ1v) is 6.99. The van der Waals surface area contributed by atoms with Crippen LogP contribution in [0.4, 0.5) is 5.69 Å². The maximum absolute atomic E-state index is 12.2. The number of carbonyl (C=O) groups is 1. The standard InChI is InChI=1S/C17H20N2O2/c1-3-21-16-9-7-13(8-10-16)17(20)19-12(2)14-5-4-6-15(18)11-14/h4-12H,3,18H2,1-2H3,(H,19,20). The van der Waals surface area contributed by atoms with Crippen molar-refractivity contribution in [2.24, 2.45) is 0 Å². The van der Waals surface area contributed by atoms with E-state index in [0.29, 0.717) is 17.9 Å². The van der Waals surface area contributed by atoms with Crippen LogP contribution in [0.5, 0.6) is 5.75 Å². The number of nitrogen functional groups attached to an aromatic ring is 1. The summed E-state index contributed by atoms with van der Waals surface area (Å²) in [4.78, 5) is 12.2. The van der Waals surface area contributed by atoms with Gasteiger partial charge in [-0.3, -0.25) is 4.79 Å². The molecule has 0 spiro atoms. The predicted octanol–water partition coefficient (Wildman–Crippen LogP) is 3.16. The smallest absolute Gasteiger partial charge is 0.251 e. The maximum Gasteiger partial charge on any atom is 0.251 e. The van der Waals surface area contributed by atoms with Crippen molar-refractivity contribution in [3.63, 3.8) is 0 Å². The second-order valence-electron chi connectivity index (χ2n) is 4.82. The van der Waals surface area contributed by atoms with Crippen LogP contribution in [-0.2, 0) is 0 Å². The first-order valence-electron chi connectivity index (χ1n) is 6.99. The highest BCUT2D eigenvalue weighted by Crippen LogP contribution is 2.17. The molecule has 1 atom stereocenters. The first-order chi connectivity index (χ1) is 10.1. The topological polar surface area (TPSA) is 64.3 Å². The van der Waals surface area contributed by atoms with Gasteiger partial charge in [0, 0.05) is 11.3 Å². The lowest BCUT2D eigenvalue weighted by Crippen LogP contribution is -2.26. The molecule has 2 aromatic carbocycles. The van der Waals surface area contributed by atoms with Gasteiger partial charge in [0.2, 0.25) is 0 Å². The van der Waals surface area contributed by atoms with Crippen LogP contribution >= 0.6 is 0 Å². The molecule has 4 nitrogen and oxygen atoms in total. The summed E-state index contributed by atoms with van der Waals surface area (Å²) in [6, 6.07) is 14.5. The van der Waals surface area contributed by atoms with Gasteiger partial charge in [-0.2, -0.15) is 0 Å². The van der Waals surface area contributed by atoms with Crippen molar-refractivity contribution in [1.82, 2.24) is 5.32 Å². The zero-order valence-corrected chi connectivity index (χ0v) is 12.3. The van der Waals surface area contributed by atoms with E-state index in [1.54, 1.807) is 24.3 Å². The number of nitrogens with two attached hydrogens (primary N) is 1. The Morgan fingerprint density at radius 1 is 1.24 bits per heavy atom. The average molecular weight is 284 g/mol. The Balaban J connectivity index is 2.03. The van der Waals surface area contributed by atoms with Gasteiger partial charge >= 0.3 is 0 Å². The van der Waals surface area contributed by atoms with Crippen LogP contribution in [0.3, 0.4) is 0 Å². The Morgan fingerprint density at radius 2 is 1.95 bits per heavy atom. The Kier molecular flexibility index (Phi) is 4.82. The lowest BCUT2D eigenvalue weighted by atomic mass is 10.1. The second-order valence-corrected chi connectivity index (χ2v) is 4.82. The monoisotopic (exact) mass is 284 g/mol. The minimum Gasteiger partial charge on any atom is -0.494 e. The van der Waals surface area contributed by atoms with Gasteiger partial charge < -0.3 is 15.8 Å². The summed E-state index contributed by atoms with van der Waals surface area (Å²) < 4.78 is 5.36. The number of ether oxygens (including phenoxy) is 1. The molecule has 0 aliphatic heterocycles. The van der Waals surface area contributed by atoms with Crippen molar-refractivity contribution in [2.75, 3.05) is 12.3 Å². The molecule has 0 saturated carbocycles. The van der Waals surface area contributed by atoms with Crippen molar-refractivity contribution in [1.29, 1.82) is 0 Å². The molecule has 110 valence electrons. The molecule has 0 saturated heterocycles.